The Hall–Kier alpha value is -3.35. The van der Waals surface area contributed by atoms with Crippen molar-refractivity contribution in [1.29, 1.82) is 0 Å². The van der Waals surface area contributed by atoms with E-state index < -0.39 is 5.82 Å². The second kappa shape index (κ2) is 7.86. The molecule has 34 heavy (non-hydrogen) atoms. The van der Waals surface area contributed by atoms with Gasteiger partial charge in [-0.15, -0.1) is 0 Å². The van der Waals surface area contributed by atoms with Crippen molar-refractivity contribution in [3.8, 4) is 17.0 Å². The first-order chi connectivity index (χ1) is 16.5. The Morgan fingerprint density at radius 2 is 1.82 bits per heavy atom. The fourth-order valence-electron chi connectivity index (χ4n) is 6.03. The standard InChI is InChI=1S/C27H26F2N4O/c1-3-19-22(28)10-7-15-11-18(34)12-20(23(15)19)25-24(29)26-21(13-30-25)27(32-14(2)31-26)33-16-5-4-6-17(33)9-8-16/h7,10-13,16-17,34H,3-6,8-9H2,1-2H3. The summed E-state index contributed by atoms with van der Waals surface area (Å²) in [6.07, 6.45) is 7.78. The number of nitrogens with zero attached hydrogens (tertiary/aromatic N) is 4. The second-order valence-electron chi connectivity index (χ2n) is 9.47. The first-order valence-electron chi connectivity index (χ1n) is 12.0. The Labute approximate surface area is 196 Å². The number of hydrogen-bond acceptors (Lipinski definition) is 5. The molecule has 2 atom stereocenters. The SMILES string of the molecule is CCc1c(F)ccc2cc(O)cc(-c3ncc4c(N5C6CCCC5CC6)nc(C)nc4c3F)c12. The molecule has 6 rings (SSSR count). The molecule has 0 radical (unpaired) electrons. The van der Waals surface area contributed by atoms with Crippen molar-refractivity contribution in [2.45, 2.75) is 64.5 Å². The number of aryl methyl sites for hydroxylation is 2. The molecule has 2 saturated heterocycles. The molecule has 2 aliphatic rings. The van der Waals surface area contributed by atoms with Crippen LogP contribution < -0.4 is 4.90 Å². The molecule has 2 unspecified atom stereocenters. The van der Waals surface area contributed by atoms with Crippen molar-refractivity contribution in [3.05, 3.63) is 53.5 Å². The van der Waals surface area contributed by atoms with Crippen LogP contribution in [0.3, 0.4) is 0 Å². The number of fused-ring (bicyclic) bond motifs is 4. The van der Waals surface area contributed by atoms with E-state index in [1.165, 1.54) is 18.6 Å². The lowest BCUT2D eigenvalue weighted by molar-refractivity contribution is 0.465. The summed E-state index contributed by atoms with van der Waals surface area (Å²) in [5.74, 6) is 0.302. The van der Waals surface area contributed by atoms with Gasteiger partial charge in [0.2, 0.25) is 0 Å². The van der Waals surface area contributed by atoms with Crippen LogP contribution in [0.15, 0.2) is 30.5 Å². The Kier molecular flexibility index (Phi) is 4.90. The van der Waals surface area contributed by atoms with Crippen molar-refractivity contribution in [3.63, 3.8) is 0 Å². The molecule has 174 valence electrons. The minimum atomic E-state index is -0.577. The number of phenolic OH excluding ortho intramolecular Hbond substituents is 1. The molecule has 1 N–H and O–H groups in total. The van der Waals surface area contributed by atoms with Gasteiger partial charge in [0, 0.05) is 23.8 Å². The number of halogens is 2. The minimum Gasteiger partial charge on any atom is -0.508 e. The molecule has 5 nitrogen and oxygen atoms in total. The van der Waals surface area contributed by atoms with E-state index in [1.54, 1.807) is 25.3 Å². The first kappa shape index (κ1) is 21.2. The number of rotatable bonds is 3. The highest BCUT2D eigenvalue weighted by Crippen LogP contribution is 2.42. The predicted octanol–water partition coefficient (Wildman–Crippen LogP) is 6.22. The summed E-state index contributed by atoms with van der Waals surface area (Å²) in [6, 6.07) is 6.84. The molecule has 0 amide bonds. The van der Waals surface area contributed by atoms with Gasteiger partial charge in [0.1, 0.15) is 34.4 Å². The van der Waals surface area contributed by atoms with Gasteiger partial charge < -0.3 is 10.0 Å². The normalized spacial score (nSPS) is 19.9. The predicted molar refractivity (Wildman–Crippen MR) is 129 cm³/mol. The zero-order valence-electron chi connectivity index (χ0n) is 19.3. The smallest absolute Gasteiger partial charge is 0.175 e. The third-order valence-corrected chi connectivity index (χ3v) is 7.48. The monoisotopic (exact) mass is 460 g/mol. The van der Waals surface area contributed by atoms with Crippen molar-refractivity contribution < 1.29 is 13.9 Å². The second-order valence-corrected chi connectivity index (χ2v) is 9.47. The third kappa shape index (κ3) is 3.13. The van der Waals surface area contributed by atoms with Crippen LogP contribution in [0.1, 0.15) is 50.4 Å². The van der Waals surface area contributed by atoms with Gasteiger partial charge in [0.25, 0.3) is 0 Å². The number of pyridine rings is 1. The number of anilines is 1. The van der Waals surface area contributed by atoms with Crippen LogP contribution in [-0.2, 0) is 6.42 Å². The molecule has 4 aromatic rings. The molecule has 0 saturated carbocycles. The zero-order chi connectivity index (χ0) is 23.6. The van der Waals surface area contributed by atoms with Crippen molar-refractivity contribution >= 4 is 27.5 Å². The van der Waals surface area contributed by atoms with Crippen molar-refractivity contribution in [2.24, 2.45) is 0 Å². The first-order valence-corrected chi connectivity index (χ1v) is 12.0. The van der Waals surface area contributed by atoms with Crippen LogP contribution in [0.2, 0.25) is 0 Å². The van der Waals surface area contributed by atoms with E-state index in [0.29, 0.717) is 51.6 Å². The highest BCUT2D eigenvalue weighted by atomic mass is 19.1. The van der Waals surface area contributed by atoms with Crippen LogP contribution in [-0.4, -0.2) is 32.1 Å². The molecule has 2 aliphatic heterocycles. The lowest BCUT2D eigenvalue weighted by Crippen LogP contribution is -2.40. The van der Waals surface area contributed by atoms with Crippen LogP contribution >= 0.6 is 0 Å². The molecule has 0 spiro atoms. The van der Waals surface area contributed by atoms with Gasteiger partial charge in [-0.3, -0.25) is 4.98 Å². The average Bonchev–Trinajstić information content (AvgIpc) is 3.06. The summed E-state index contributed by atoms with van der Waals surface area (Å²) >= 11 is 0. The lowest BCUT2D eigenvalue weighted by Gasteiger charge is -2.36. The molecule has 4 heterocycles. The zero-order valence-corrected chi connectivity index (χ0v) is 19.3. The summed E-state index contributed by atoms with van der Waals surface area (Å²) < 4.78 is 30.8. The molecule has 2 aromatic carbocycles. The Bertz CT molecular complexity index is 1440. The number of hydrogen-bond donors (Lipinski definition) is 1. The molecule has 2 fully saturated rings. The fourth-order valence-corrected chi connectivity index (χ4v) is 6.03. The van der Waals surface area contributed by atoms with E-state index in [1.807, 2.05) is 6.92 Å². The summed E-state index contributed by atoms with van der Waals surface area (Å²) in [5.41, 5.74) is 1.10. The van der Waals surface area contributed by atoms with Gasteiger partial charge in [0.15, 0.2) is 5.82 Å². The van der Waals surface area contributed by atoms with Gasteiger partial charge in [-0.2, -0.15) is 0 Å². The van der Waals surface area contributed by atoms with E-state index in [-0.39, 0.29) is 22.8 Å². The highest BCUT2D eigenvalue weighted by molar-refractivity contribution is 6.01. The van der Waals surface area contributed by atoms with Crippen molar-refractivity contribution in [1.82, 2.24) is 15.0 Å². The molecule has 2 bridgehead atoms. The number of piperidine rings is 1. The van der Waals surface area contributed by atoms with Crippen LogP contribution in [0.5, 0.6) is 5.75 Å². The van der Waals surface area contributed by atoms with Gasteiger partial charge in [0.05, 0.1) is 5.39 Å². The molecular weight excluding hydrogens is 434 g/mol. The van der Waals surface area contributed by atoms with Crippen LogP contribution in [0, 0.1) is 18.6 Å². The Morgan fingerprint density at radius 3 is 2.56 bits per heavy atom. The van der Waals surface area contributed by atoms with Gasteiger partial charge in [-0.05, 0) is 80.0 Å². The molecule has 0 aliphatic carbocycles. The largest absolute Gasteiger partial charge is 0.508 e. The van der Waals surface area contributed by atoms with Crippen LogP contribution in [0.25, 0.3) is 32.9 Å². The molecule has 2 aromatic heterocycles. The molecular formula is C27H26F2N4O. The van der Waals surface area contributed by atoms with Crippen molar-refractivity contribution in [2.75, 3.05) is 4.90 Å². The van der Waals surface area contributed by atoms with Gasteiger partial charge in [-0.1, -0.05) is 13.0 Å². The summed E-state index contributed by atoms with van der Waals surface area (Å²) in [6.45, 7) is 3.64. The van der Waals surface area contributed by atoms with Crippen LogP contribution in [0.4, 0.5) is 14.6 Å². The van der Waals surface area contributed by atoms with Gasteiger partial charge in [-0.25, -0.2) is 18.7 Å². The third-order valence-electron chi connectivity index (χ3n) is 7.48. The number of benzene rings is 2. The van der Waals surface area contributed by atoms with E-state index in [9.17, 15) is 9.50 Å². The molecule has 7 heteroatoms. The Morgan fingerprint density at radius 1 is 1.06 bits per heavy atom. The highest BCUT2D eigenvalue weighted by Gasteiger charge is 2.38. The maximum Gasteiger partial charge on any atom is 0.175 e. The number of phenols is 1. The number of aromatic nitrogens is 3. The topological polar surface area (TPSA) is 62.1 Å². The van der Waals surface area contributed by atoms with E-state index >= 15 is 4.39 Å². The fraction of sp³-hybridized carbons (Fsp3) is 0.370. The maximum atomic E-state index is 16.1. The average molecular weight is 461 g/mol. The summed E-state index contributed by atoms with van der Waals surface area (Å²) in [5, 5.41) is 12.2. The maximum absolute atomic E-state index is 16.1. The van der Waals surface area contributed by atoms with E-state index in [4.69, 9.17) is 4.98 Å². The van der Waals surface area contributed by atoms with E-state index in [2.05, 4.69) is 14.9 Å². The quantitative estimate of drug-likeness (QED) is 0.393. The van der Waals surface area contributed by atoms with E-state index in [0.717, 1.165) is 31.5 Å². The lowest BCUT2D eigenvalue weighted by atomic mass is 9.94. The Balaban J connectivity index is 1.61. The summed E-state index contributed by atoms with van der Waals surface area (Å²) in [4.78, 5) is 16.1. The minimum absolute atomic E-state index is 0.0260. The summed E-state index contributed by atoms with van der Waals surface area (Å²) in [7, 11) is 0. The van der Waals surface area contributed by atoms with Gasteiger partial charge >= 0.3 is 0 Å². The number of aromatic hydroxyl groups is 1.